The van der Waals surface area contributed by atoms with E-state index in [1.807, 2.05) is 0 Å². The molecule has 0 atom stereocenters. The summed E-state index contributed by atoms with van der Waals surface area (Å²) in [5.74, 6) is 0. The first-order valence-electron chi connectivity index (χ1n) is 15.6. The van der Waals surface area contributed by atoms with Gasteiger partial charge in [0.15, 0.2) is 0 Å². The van der Waals surface area contributed by atoms with Crippen LogP contribution in [0.25, 0.3) is 0 Å². The van der Waals surface area contributed by atoms with Crippen molar-refractivity contribution in [1.29, 1.82) is 78.9 Å². The predicted molar refractivity (Wildman–Crippen MR) is 202 cm³/mol. The number of hydrogen-bond acceptors (Lipinski definition) is 15. The Kier molecular flexibility index (Phi) is 582. The number of quaternary nitrogens is 3. The second kappa shape index (κ2) is 250. The molecule has 0 aliphatic heterocycles. The average Bonchev–Trinajstić information content (AvgIpc) is 3.39. The molecule has 0 rings (SSSR count). The Balaban J connectivity index is -0.0000000150. The Hall–Kier alpha value is -6.25. The van der Waals surface area contributed by atoms with Crippen molar-refractivity contribution in [2.45, 2.75) is 83.1 Å². The molecule has 0 aromatic rings. The Bertz CT molecular complexity index is 638. The zero-order valence-corrected chi connectivity index (χ0v) is 40.2. The number of hydrogen-bond donors (Lipinski definition) is 0. The molecule has 336 valence electrons. The average molecular weight is 958 g/mol. The summed E-state index contributed by atoms with van der Waals surface area (Å²) in [6.07, 6.45) is 0. The molecule has 0 aromatic carbocycles. The predicted octanol–water partition coefficient (Wildman–Crippen LogP) is 7.09. The molecule has 0 bridgehead atoms. The van der Waals surface area contributed by atoms with Gasteiger partial charge in [0.2, 0.25) is 0 Å². The summed E-state index contributed by atoms with van der Waals surface area (Å²) in [6.45, 7) is 114. The van der Waals surface area contributed by atoms with E-state index < -0.39 is 0 Å². The van der Waals surface area contributed by atoms with E-state index in [-0.39, 0.29) is 50.3 Å². The Labute approximate surface area is 400 Å². The Morgan fingerprint density at radius 2 is 0.200 bits per heavy atom. The van der Waals surface area contributed by atoms with Gasteiger partial charge in [-0.05, 0) is 83.1 Å². The zero-order valence-electron chi connectivity index (χ0n) is 37.0. The van der Waals surface area contributed by atoms with Crippen LogP contribution in [0.3, 0.4) is 0 Å². The summed E-state index contributed by atoms with van der Waals surface area (Å²) in [7, 11) is 0. The molecule has 0 amide bonds. The van der Waals surface area contributed by atoms with E-state index in [0.29, 0.717) is 0 Å². The molecule has 0 saturated carbocycles. The van der Waals surface area contributed by atoms with Crippen LogP contribution in [0.5, 0.6) is 0 Å². The van der Waals surface area contributed by atoms with E-state index in [2.05, 4.69) is 83.1 Å². The first-order chi connectivity index (χ1) is 27.7. The SMILES string of the molecule is CC[N+](CC)(CC)CC.CC[N+](CC)(CC)CC.CC[N+](CC)(CC)CC.[C-]#N.[C-]#N.[C-]#N.[C-]#N.[C-]#N.[C-]#N.[C-]#N.[C-]#N.[C-]#N.[C-]#N.[C-]#N.[C-]#N.[C-]#N.[C-]#N.[C-]#N.[Co+3].[Co+3].[Co+3]. The molecule has 0 unspecified atom stereocenters. The van der Waals surface area contributed by atoms with Crippen molar-refractivity contribution < 1.29 is 63.8 Å². The van der Waals surface area contributed by atoms with Gasteiger partial charge < -0.3 is 191 Å². The van der Waals surface area contributed by atoms with Gasteiger partial charge >= 0.3 is 50.3 Å². The van der Waals surface area contributed by atoms with Crippen LogP contribution in [0, 0.1) is 178 Å². The molecule has 0 spiro atoms. The molecular formula is C39H60Co3N18-3. The molecule has 0 aliphatic carbocycles. The van der Waals surface area contributed by atoms with E-state index in [1.54, 1.807) is 0 Å². The van der Waals surface area contributed by atoms with Crippen molar-refractivity contribution in [3.05, 3.63) is 98.6 Å². The fourth-order valence-electron chi connectivity index (χ4n) is 4.02. The molecule has 60 heavy (non-hydrogen) atoms. The summed E-state index contributed by atoms with van der Waals surface area (Å²) in [6, 6.07) is 0. The van der Waals surface area contributed by atoms with Crippen LogP contribution in [0.4, 0.5) is 0 Å². The van der Waals surface area contributed by atoms with Crippen LogP contribution in [0.15, 0.2) is 0 Å². The van der Waals surface area contributed by atoms with Crippen molar-refractivity contribution in [3.63, 3.8) is 0 Å². The maximum Gasteiger partial charge on any atom is 3.00 e. The van der Waals surface area contributed by atoms with E-state index in [0.717, 1.165) is 0 Å². The minimum absolute atomic E-state index is 0. The summed E-state index contributed by atoms with van der Waals surface area (Å²) in [5, 5.41) is 93.8. The number of rotatable bonds is 12. The molecule has 18 nitrogen and oxygen atoms in total. The molecule has 21 heteroatoms. The quantitative estimate of drug-likeness (QED) is 0.139. The summed E-state index contributed by atoms with van der Waals surface area (Å²) in [5.41, 5.74) is 0. The summed E-state index contributed by atoms with van der Waals surface area (Å²) >= 11 is 0. The van der Waals surface area contributed by atoms with E-state index in [4.69, 9.17) is 178 Å². The van der Waals surface area contributed by atoms with Crippen LogP contribution in [-0.2, 0) is 50.3 Å². The Morgan fingerprint density at radius 3 is 0.200 bits per heavy atom. The zero-order chi connectivity index (χ0) is 52.0. The first-order valence-corrected chi connectivity index (χ1v) is 15.6. The molecule has 0 aliphatic rings. The number of nitrogens with zero attached hydrogens (tertiary/aromatic N) is 18. The third kappa shape index (κ3) is 151. The summed E-state index contributed by atoms with van der Waals surface area (Å²) in [4.78, 5) is 0. The van der Waals surface area contributed by atoms with Crippen molar-refractivity contribution in [2.75, 3.05) is 78.5 Å². The molecular weight excluding hydrogens is 897 g/mol. The van der Waals surface area contributed by atoms with Gasteiger partial charge in [-0.3, -0.25) is 0 Å². The van der Waals surface area contributed by atoms with E-state index in [9.17, 15) is 0 Å². The second-order valence-electron chi connectivity index (χ2n) is 7.82. The third-order valence-electron chi connectivity index (χ3n) is 8.05. The van der Waals surface area contributed by atoms with E-state index in [1.165, 1.54) is 92.0 Å². The smallest absolute Gasteiger partial charge is 0.512 e. The van der Waals surface area contributed by atoms with Gasteiger partial charge in [-0.1, -0.05) is 0 Å². The van der Waals surface area contributed by atoms with Crippen molar-refractivity contribution in [2.24, 2.45) is 0 Å². The molecule has 0 heterocycles. The fourth-order valence-corrected chi connectivity index (χ4v) is 4.02. The molecule has 0 aromatic heterocycles. The van der Waals surface area contributed by atoms with E-state index >= 15 is 0 Å². The maximum absolute atomic E-state index is 6.25. The maximum atomic E-state index is 6.25. The van der Waals surface area contributed by atoms with Gasteiger partial charge in [0.25, 0.3) is 0 Å². The van der Waals surface area contributed by atoms with Crippen LogP contribution in [0.1, 0.15) is 83.1 Å². The minimum atomic E-state index is 0. The van der Waals surface area contributed by atoms with Gasteiger partial charge in [-0.15, -0.1) is 0 Å². The molecule has 0 radical (unpaired) electrons. The normalized spacial score (nSPS) is 5.90. The molecule has 0 fully saturated rings. The minimum Gasteiger partial charge on any atom is -0.512 e. The topological polar surface area (TPSA) is 357 Å². The van der Waals surface area contributed by atoms with Crippen molar-refractivity contribution in [3.8, 4) is 0 Å². The first kappa shape index (κ1) is 139. The fraction of sp³-hybridized carbons (Fsp3) is 0.615. The van der Waals surface area contributed by atoms with Gasteiger partial charge in [-0.2, -0.15) is 0 Å². The van der Waals surface area contributed by atoms with Crippen LogP contribution >= 0.6 is 0 Å². The van der Waals surface area contributed by atoms with Crippen LogP contribution in [-0.4, -0.2) is 92.0 Å². The second-order valence-corrected chi connectivity index (χ2v) is 7.82. The largest absolute Gasteiger partial charge is 3.00 e. The van der Waals surface area contributed by atoms with Crippen LogP contribution in [0.2, 0.25) is 0 Å². The van der Waals surface area contributed by atoms with Crippen LogP contribution < -0.4 is 0 Å². The molecule has 0 N–H and O–H groups in total. The van der Waals surface area contributed by atoms with Crippen molar-refractivity contribution in [1.82, 2.24) is 0 Å². The summed E-state index contributed by atoms with van der Waals surface area (Å²) < 4.78 is 3.83. The van der Waals surface area contributed by atoms with Gasteiger partial charge in [0.1, 0.15) is 0 Å². The van der Waals surface area contributed by atoms with Gasteiger partial charge in [0, 0.05) is 0 Å². The van der Waals surface area contributed by atoms with Crippen molar-refractivity contribution >= 4 is 0 Å². The standard InChI is InChI=1S/3C8H20N.15CN.3Co/c3*1-5-9(6-2,7-3)8-4;15*1-2;;;/h3*5-8H2,1-4H3;;;;;;;;;;;;;;;;;;/q3*+1;15*-1;3*+3. The monoisotopic (exact) mass is 957 g/mol. The molecule has 0 saturated heterocycles. The third-order valence-corrected chi connectivity index (χ3v) is 8.05. The van der Waals surface area contributed by atoms with Gasteiger partial charge in [-0.25, -0.2) is 0 Å². The Morgan fingerprint density at radius 1 is 0.167 bits per heavy atom. The van der Waals surface area contributed by atoms with Gasteiger partial charge in [0.05, 0.1) is 78.5 Å².